The number of aliphatic imine (C=N–C) groups is 1. The summed E-state index contributed by atoms with van der Waals surface area (Å²) in [6.07, 6.45) is 9.64. The lowest BCUT2D eigenvalue weighted by molar-refractivity contribution is 0.242. The topological polar surface area (TPSA) is 39.7 Å². The Morgan fingerprint density at radius 3 is 2.59 bits per heavy atom. The van der Waals surface area contributed by atoms with Gasteiger partial charge in [0.05, 0.1) is 0 Å². The van der Waals surface area contributed by atoms with Crippen LogP contribution in [0.2, 0.25) is 0 Å². The van der Waals surface area contributed by atoms with Crippen LogP contribution in [0, 0.1) is 5.41 Å². The van der Waals surface area contributed by atoms with Crippen LogP contribution in [0.3, 0.4) is 0 Å². The molecule has 3 aliphatic rings. The minimum atomic E-state index is 0. The molecule has 128 valence electrons. The molecule has 2 aliphatic carbocycles. The molecule has 3 fully saturated rings. The number of halogens is 1. The van der Waals surface area contributed by atoms with Gasteiger partial charge in [-0.3, -0.25) is 9.89 Å². The molecule has 0 radical (unpaired) electrons. The van der Waals surface area contributed by atoms with Gasteiger partial charge in [0.25, 0.3) is 0 Å². The average Bonchev–Trinajstić information content (AvgIpc) is 2.89. The van der Waals surface area contributed by atoms with Crippen molar-refractivity contribution in [1.29, 1.82) is 0 Å². The maximum atomic E-state index is 4.81. The number of hydrogen-bond acceptors (Lipinski definition) is 2. The molecule has 0 aromatic rings. The van der Waals surface area contributed by atoms with Gasteiger partial charge in [-0.05, 0) is 44.4 Å². The zero-order valence-corrected chi connectivity index (χ0v) is 16.6. The van der Waals surface area contributed by atoms with E-state index >= 15 is 0 Å². The third-order valence-electron chi connectivity index (χ3n) is 5.47. The molecule has 22 heavy (non-hydrogen) atoms. The first kappa shape index (κ1) is 18.3. The van der Waals surface area contributed by atoms with Crippen molar-refractivity contribution < 1.29 is 0 Å². The van der Waals surface area contributed by atoms with E-state index in [0.29, 0.717) is 11.5 Å². The van der Waals surface area contributed by atoms with Gasteiger partial charge < -0.3 is 10.6 Å². The largest absolute Gasteiger partial charge is 0.357 e. The Labute approximate surface area is 152 Å². The van der Waals surface area contributed by atoms with Crippen LogP contribution in [0.5, 0.6) is 0 Å². The third kappa shape index (κ3) is 4.98. The monoisotopic (exact) mass is 420 g/mol. The van der Waals surface area contributed by atoms with Gasteiger partial charge in [0.15, 0.2) is 5.96 Å². The number of rotatable bonds is 5. The molecule has 2 saturated carbocycles. The Morgan fingerprint density at radius 2 is 1.95 bits per heavy atom. The second-order valence-corrected chi connectivity index (χ2v) is 7.57. The third-order valence-corrected chi connectivity index (χ3v) is 5.47. The van der Waals surface area contributed by atoms with Crippen LogP contribution in [0.25, 0.3) is 0 Å². The van der Waals surface area contributed by atoms with Gasteiger partial charge >= 0.3 is 0 Å². The second kappa shape index (κ2) is 8.18. The van der Waals surface area contributed by atoms with E-state index in [1.807, 2.05) is 0 Å². The quantitative estimate of drug-likeness (QED) is 0.408. The summed E-state index contributed by atoms with van der Waals surface area (Å²) in [5, 5.41) is 7.08. The Hall–Kier alpha value is -0.0400. The molecule has 2 N–H and O–H groups in total. The van der Waals surface area contributed by atoms with Crippen molar-refractivity contribution in [2.75, 3.05) is 26.2 Å². The van der Waals surface area contributed by atoms with Crippen molar-refractivity contribution in [3.63, 3.8) is 0 Å². The SMILES string of the molecule is CCNC(=NCC1(C)CC1)NC1CCN(C2CCCC2)C1.I. The highest BCUT2D eigenvalue weighted by Gasteiger charge is 2.37. The molecule has 1 saturated heterocycles. The molecule has 1 unspecified atom stereocenters. The lowest BCUT2D eigenvalue weighted by Crippen LogP contribution is -2.45. The van der Waals surface area contributed by atoms with Crippen molar-refractivity contribution in [3.8, 4) is 0 Å². The highest BCUT2D eigenvalue weighted by Crippen LogP contribution is 2.44. The molecule has 0 amide bonds. The maximum Gasteiger partial charge on any atom is 0.191 e. The van der Waals surface area contributed by atoms with Crippen molar-refractivity contribution in [2.45, 2.75) is 70.9 Å². The van der Waals surface area contributed by atoms with Gasteiger partial charge in [-0.2, -0.15) is 0 Å². The normalized spacial score (nSPS) is 28.5. The molecular formula is C17H33IN4. The molecule has 0 aromatic carbocycles. The molecule has 3 rings (SSSR count). The van der Waals surface area contributed by atoms with Crippen molar-refractivity contribution in [1.82, 2.24) is 15.5 Å². The van der Waals surface area contributed by atoms with Gasteiger partial charge in [-0.15, -0.1) is 24.0 Å². The number of likely N-dealkylation sites (tertiary alicyclic amines) is 1. The van der Waals surface area contributed by atoms with Crippen molar-refractivity contribution >= 4 is 29.9 Å². The minimum Gasteiger partial charge on any atom is -0.357 e. The van der Waals surface area contributed by atoms with E-state index in [-0.39, 0.29) is 24.0 Å². The molecule has 0 bridgehead atoms. The summed E-state index contributed by atoms with van der Waals surface area (Å²) in [5.74, 6) is 1.03. The number of hydrogen-bond donors (Lipinski definition) is 2. The zero-order valence-electron chi connectivity index (χ0n) is 14.2. The minimum absolute atomic E-state index is 0. The summed E-state index contributed by atoms with van der Waals surface area (Å²) in [7, 11) is 0. The maximum absolute atomic E-state index is 4.81. The zero-order chi connectivity index (χ0) is 14.7. The molecule has 4 nitrogen and oxygen atoms in total. The van der Waals surface area contributed by atoms with E-state index in [2.05, 4.69) is 29.4 Å². The van der Waals surface area contributed by atoms with Crippen LogP contribution in [0.4, 0.5) is 0 Å². The summed E-state index contributed by atoms with van der Waals surface area (Å²) in [6, 6.07) is 1.44. The molecule has 5 heteroatoms. The molecule has 1 atom stereocenters. The number of nitrogens with zero attached hydrogens (tertiary/aromatic N) is 2. The second-order valence-electron chi connectivity index (χ2n) is 7.57. The molecule has 1 aliphatic heterocycles. The number of guanidine groups is 1. The van der Waals surface area contributed by atoms with E-state index in [1.165, 1.54) is 58.0 Å². The fraction of sp³-hybridized carbons (Fsp3) is 0.941. The first-order valence-corrected chi connectivity index (χ1v) is 8.97. The molecule has 0 aromatic heterocycles. The predicted molar refractivity (Wildman–Crippen MR) is 104 cm³/mol. The van der Waals surface area contributed by atoms with Crippen LogP contribution in [-0.4, -0.2) is 49.1 Å². The highest BCUT2D eigenvalue weighted by atomic mass is 127. The number of nitrogens with one attached hydrogen (secondary N) is 2. The Bertz CT molecular complexity index is 375. The molecule has 1 heterocycles. The van der Waals surface area contributed by atoms with E-state index in [9.17, 15) is 0 Å². The van der Waals surface area contributed by atoms with Crippen LogP contribution >= 0.6 is 24.0 Å². The average molecular weight is 420 g/mol. The van der Waals surface area contributed by atoms with Gasteiger partial charge in [0.2, 0.25) is 0 Å². The Morgan fingerprint density at radius 1 is 1.23 bits per heavy atom. The van der Waals surface area contributed by atoms with E-state index < -0.39 is 0 Å². The standard InChI is InChI=1S/C17H32N4.HI/c1-3-18-16(19-13-17(2)9-10-17)20-14-8-11-21(12-14)15-6-4-5-7-15;/h14-15H,3-13H2,1-2H3,(H2,18,19,20);1H. The molecular weight excluding hydrogens is 387 g/mol. The Balaban J connectivity index is 0.00000176. The van der Waals surface area contributed by atoms with Crippen LogP contribution < -0.4 is 10.6 Å². The van der Waals surface area contributed by atoms with Crippen LogP contribution in [0.1, 0.15) is 58.8 Å². The van der Waals surface area contributed by atoms with Crippen LogP contribution in [0.15, 0.2) is 4.99 Å². The summed E-state index contributed by atoms with van der Waals surface area (Å²) in [5.41, 5.74) is 0.494. The van der Waals surface area contributed by atoms with Crippen molar-refractivity contribution in [3.05, 3.63) is 0 Å². The van der Waals surface area contributed by atoms with Gasteiger partial charge in [-0.1, -0.05) is 19.8 Å². The van der Waals surface area contributed by atoms with Gasteiger partial charge in [0.1, 0.15) is 0 Å². The van der Waals surface area contributed by atoms with Gasteiger partial charge in [0, 0.05) is 38.3 Å². The summed E-state index contributed by atoms with van der Waals surface area (Å²) in [6.45, 7) is 8.88. The highest BCUT2D eigenvalue weighted by molar-refractivity contribution is 14.0. The summed E-state index contributed by atoms with van der Waals surface area (Å²) < 4.78 is 0. The fourth-order valence-corrected chi connectivity index (χ4v) is 3.66. The van der Waals surface area contributed by atoms with Gasteiger partial charge in [-0.25, -0.2) is 0 Å². The summed E-state index contributed by atoms with van der Waals surface area (Å²) in [4.78, 5) is 7.51. The Kier molecular flexibility index (Phi) is 6.80. The van der Waals surface area contributed by atoms with Crippen LogP contribution in [-0.2, 0) is 0 Å². The predicted octanol–water partition coefficient (Wildman–Crippen LogP) is 2.98. The fourth-order valence-electron chi connectivity index (χ4n) is 3.66. The lowest BCUT2D eigenvalue weighted by atomic mass is 10.1. The van der Waals surface area contributed by atoms with E-state index in [0.717, 1.165) is 25.1 Å². The molecule has 0 spiro atoms. The van der Waals surface area contributed by atoms with Crippen molar-refractivity contribution in [2.24, 2.45) is 10.4 Å². The first-order chi connectivity index (χ1) is 10.2. The lowest BCUT2D eigenvalue weighted by Gasteiger charge is -2.24. The smallest absolute Gasteiger partial charge is 0.191 e. The van der Waals surface area contributed by atoms with E-state index in [1.54, 1.807) is 0 Å². The first-order valence-electron chi connectivity index (χ1n) is 8.97. The summed E-state index contributed by atoms with van der Waals surface area (Å²) >= 11 is 0. The van der Waals surface area contributed by atoms with E-state index in [4.69, 9.17) is 4.99 Å².